The quantitative estimate of drug-likeness (QED) is 0.740. The van der Waals surface area contributed by atoms with E-state index in [1.807, 2.05) is 0 Å². The van der Waals surface area contributed by atoms with E-state index in [4.69, 9.17) is 4.74 Å². The smallest absolute Gasteiger partial charge is 0.338 e. The van der Waals surface area contributed by atoms with Gasteiger partial charge < -0.3 is 14.8 Å². The van der Waals surface area contributed by atoms with E-state index in [2.05, 4.69) is 15.0 Å². The lowest BCUT2D eigenvalue weighted by Gasteiger charge is -2.27. The second-order valence-corrected chi connectivity index (χ2v) is 3.30. The molecule has 80 valence electrons. The third-order valence-corrected chi connectivity index (χ3v) is 2.17. The van der Waals surface area contributed by atoms with Crippen LogP contribution in [0.25, 0.3) is 0 Å². The van der Waals surface area contributed by atoms with Crippen molar-refractivity contribution in [1.29, 1.82) is 0 Å². The number of carbonyl (C=O) groups is 1. The number of carbonyl (C=O) groups excluding carboxylic acids is 1. The molecule has 2 rings (SSSR count). The molecule has 0 unspecified atom stereocenters. The van der Waals surface area contributed by atoms with Crippen molar-refractivity contribution in [3.63, 3.8) is 0 Å². The van der Waals surface area contributed by atoms with Gasteiger partial charge in [0.25, 0.3) is 0 Å². The number of methoxy groups -OCH3 is 1. The van der Waals surface area contributed by atoms with Gasteiger partial charge in [0.15, 0.2) is 0 Å². The molecule has 1 fully saturated rings. The largest absolute Gasteiger partial charge is 0.465 e. The van der Waals surface area contributed by atoms with Gasteiger partial charge >= 0.3 is 5.97 Å². The highest BCUT2D eigenvalue weighted by molar-refractivity contribution is 5.89. The van der Waals surface area contributed by atoms with Gasteiger partial charge in [-0.1, -0.05) is 0 Å². The molecule has 0 spiro atoms. The molecule has 0 aliphatic carbocycles. The van der Waals surface area contributed by atoms with Gasteiger partial charge in [0, 0.05) is 6.20 Å². The zero-order valence-electron chi connectivity index (χ0n) is 8.40. The predicted molar refractivity (Wildman–Crippen MR) is 53.8 cm³/mol. The highest BCUT2D eigenvalue weighted by Gasteiger charge is 2.18. The number of nitrogens with one attached hydrogen (secondary N) is 1. The van der Waals surface area contributed by atoms with Gasteiger partial charge in [0.1, 0.15) is 5.82 Å². The molecule has 1 aromatic heterocycles. The van der Waals surface area contributed by atoms with E-state index in [1.54, 1.807) is 18.3 Å². The summed E-state index contributed by atoms with van der Waals surface area (Å²) < 4.78 is 9.64. The lowest BCUT2D eigenvalue weighted by atomic mass is 10.2. The van der Waals surface area contributed by atoms with Crippen LogP contribution in [0.3, 0.4) is 0 Å². The van der Waals surface area contributed by atoms with E-state index in [-0.39, 0.29) is 5.97 Å². The van der Waals surface area contributed by atoms with E-state index in [9.17, 15) is 4.79 Å². The molecule has 0 amide bonds. The molecular weight excluding hydrogens is 196 g/mol. The first kappa shape index (κ1) is 9.92. The maximum atomic E-state index is 11.2. The minimum absolute atomic E-state index is 0.297. The fourth-order valence-electron chi connectivity index (χ4n) is 1.28. The van der Waals surface area contributed by atoms with Gasteiger partial charge in [0.2, 0.25) is 0 Å². The molecule has 1 aromatic rings. The average molecular weight is 208 g/mol. The fraction of sp³-hybridized carbons (Fsp3) is 0.400. The third kappa shape index (κ3) is 2.24. The molecule has 0 radical (unpaired) electrons. The topological polar surface area (TPSA) is 60.5 Å². The molecule has 0 aromatic carbocycles. The fourth-order valence-corrected chi connectivity index (χ4v) is 1.28. The Morgan fingerprint density at radius 1 is 1.67 bits per heavy atom. The van der Waals surface area contributed by atoms with E-state index >= 15 is 0 Å². The van der Waals surface area contributed by atoms with Gasteiger partial charge in [-0.25, -0.2) is 9.78 Å². The van der Waals surface area contributed by atoms with E-state index in [0.717, 1.165) is 0 Å². The number of pyridine rings is 1. The van der Waals surface area contributed by atoms with Crippen LogP contribution >= 0.6 is 0 Å². The Hall–Kier alpha value is -1.62. The number of ether oxygens (including phenoxy) is 2. The van der Waals surface area contributed by atoms with Crippen molar-refractivity contribution >= 4 is 11.8 Å². The van der Waals surface area contributed by atoms with Crippen LogP contribution in [-0.4, -0.2) is 37.3 Å². The van der Waals surface area contributed by atoms with Gasteiger partial charge in [-0.2, -0.15) is 0 Å². The summed E-state index contributed by atoms with van der Waals surface area (Å²) in [4.78, 5) is 15.3. The van der Waals surface area contributed by atoms with Crippen LogP contribution in [0.5, 0.6) is 0 Å². The number of anilines is 1. The Labute approximate surface area is 87.4 Å². The Balaban J connectivity index is 2.07. The molecule has 1 N–H and O–H groups in total. The van der Waals surface area contributed by atoms with Gasteiger partial charge in [-0.3, -0.25) is 0 Å². The molecule has 0 bridgehead atoms. The SMILES string of the molecule is COC(=O)c1ccnc(NC2COC2)c1. The predicted octanol–water partition coefficient (Wildman–Crippen LogP) is 0.679. The number of rotatable bonds is 3. The molecule has 5 nitrogen and oxygen atoms in total. The summed E-state index contributed by atoms with van der Waals surface area (Å²) in [7, 11) is 1.36. The lowest BCUT2D eigenvalue weighted by molar-refractivity contribution is 0.0209. The van der Waals surface area contributed by atoms with E-state index in [0.29, 0.717) is 30.6 Å². The summed E-state index contributed by atoms with van der Waals surface area (Å²) in [5.41, 5.74) is 0.496. The van der Waals surface area contributed by atoms with Crippen LogP contribution in [0, 0.1) is 0 Å². The average Bonchev–Trinajstić information content (AvgIpc) is 2.23. The molecule has 0 saturated carbocycles. The normalized spacial score (nSPS) is 15.5. The Morgan fingerprint density at radius 3 is 3.07 bits per heavy atom. The van der Waals surface area contributed by atoms with Gasteiger partial charge in [0.05, 0.1) is 31.9 Å². The van der Waals surface area contributed by atoms with Crippen LogP contribution in [0.4, 0.5) is 5.82 Å². The molecule has 1 aliphatic heterocycles. The van der Waals surface area contributed by atoms with Gasteiger partial charge in [-0.05, 0) is 12.1 Å². The van der Waals surface area contributed by atoms with Crippen LogP contribution in [0.2, 0.25) is 0 Å². The maximum Gasteiger partial charge on any atom is 0.338 e. The molecular formula is C10H12N2O3. The first-order valence-electron chi connectivity index (χ1n) is 4.68. The van der Waals surface area contributed by atoms with Crippen molar-refractivity contribution in [2.75, 3.05) is 25.6 Å². The monoisotopic (exact) mass is 208 g/mol. The summed E-state index contributed by atoms with van der Waals surface area (Å²) in [6.07, 6.45) is 1.58. The summed E-state index contributed by atoms with van der Waals surface area (Å²) in [5, 5.41) is 3.15. The van der Waals surface area contributed by atoms with Crippen LogP contribution in [0.1, 0.15) is 10.4 Å². The number of hydrogen-bond donors (Lipinski definition) is 1. The summed E-state index contributed by atoms with van der Waals surface area (Å²) in [5.74, 6) is 0.316. The second-order valence-electron chi connectivity index (χ2n) is 3.30. The van der Waals surface area contributed by atoms with Crippen molar-refractivity contribution in [2.45, 2.75) is 6.04 Å². The van der Waals surface area contributed by atoms with Crippen molar-refractivity contribution in [3.05, 3.63) is 23.9 Å². The van der Waals surface area contributed by atoms with Crippen molar-refractivity contribution < 1.29 is 14.3 Å². The van der Waals surface area contributed by atoms with E-state index in [1.165, 1.54) is 7.11 Å². The molecule has 1 aliphatic rings. The van der Waals surface area contributed by atoms with Crippen molar-refractivity contribution in [1.82, 2.24) is 4.98 Å². The minimum Gasteiger partial charge on any atom is -0.465 e. The summed E-state index contributed by atoms with van der Waals surface area (Å²) in [6.45, 7) is 1.37. The zero-order valence-corrected chi connectivity index (χ0v) is 8.40. The first-order valence-corrected chi connectivity index (χ1v) is 4.68. The Kier molecular flexibility index (Phi) is 2.82. The van der Waals surface area contributed by atoms with Gasteiger partial charge in [-0.15, -0.1) is 0 Å². The minimum atomic E-state index is -0.356. The first-order chi connectivity index (χ1) is 7.29. The lowest BCUT2D eigenvalue weighted by Crippen LogP contribution is -2.40. The molecule has 0 atom stereocenters. The van der Waals surface area contributed by atoms with Crippen molar-refractivity contribution in [2.24, 2.45) is 0 Å². The molecule has 2 heterocycles. The number of nitrogens with zero attached hydrogens (tertiary/aromatic N) is 1. The van der Waals surface area contributed by atoms with Crippen LogP contribution < -0.4 is 5.32 Å². The Morgan fingerprint density at radius 2 is 2.47 bits per heavy atom. The van der Waals surface area contributed by atoms with Crippen molar-refractivity contribution in [3.8, 4) is 0 Å². The second kappa shape index (κ2) is 4.27. The number of hydrogen-bond acceptors (Lipinski definition) is 5. The van der Waals surface area contributed by atoms with Crippen LogP contribution in [0.15, 0.2) is 18.3 Å². The number of esters is 1. The third-order valence-electron chi connectivity index (χ3n) is 2.17. The molecule has 1 saturated heterocycles. The number of aromatic nitrogens is 1. The summed E-state index contributed by atoms with van der Waals surface area (Å²) >= 11 is 0. The highest BCUT2D eigenvalue weighted by Crippen LogP contribution is 2.12. The standard InChI is InChI=1S/C10H12N2O3/c1-14-10(13)7-2-3-11-9(4-7)12-8-5-15-6-8/h2-4,8H,5-6H2,1H3,(H,11,12). The Bertz CT molecular complexity index is 363. The van der Waals surface area contributed by atoms with E-state index < -0.39 is 0 Å². The maximum absolute atomic E-state index is 11.2. The molecule has 15 heavy (non-hydrogen) atoms. The summed E-state index contributed by atoms with van der Waals surface area (Å²) in [6, 6.07) is 3.59. The van der Waals surface area contributed by atoms with Crippen LogP contribution in [-0.2, 0) is 9.47 Å². The molecule has 5 heteroatoms. The highest BCUT2D eigenvalue weighted by atomic mass is 16.5. The zero-order chi connectivity index (χ0) is 10.7.